The molecule has 0 radical (unpaired) electrons. The van der Waals surface area contributed by atoms with Crippen LogP contribution in [0.15, 0.2) is 23.1 Å². The van der Waals surface area contributed by atoms with Crippen LogP contribution in [0.3, 0.4) is 0 Å². The van der Waals surface area contributed by atoms with Crippen molar-refractivity contribution >= 4 is 17.4 Å². The minimum Gasteiger partial charge on any atom is -0.497 e. The molecule has 0 saturated heterocycles. The molecule has 0 unspecified atom stereocenters. The van der Waals surface area contributed by atoms with Gasteiger partial charge in [0.2, 0.25) is 0 Å². The Bertz CT molecular complexity index is 357. The van der Waals surface area contributed by atoms with E-state index in [9.17, 15) is 0 Å². The summed E-state index contributed by atoms with van der Waals surface area (Å²) in [4.78, 5) is 3.77. The highest BCUT2D eigenvalue weighted by Gasteiger charge is 2.17. The quantitative estimate of drug-likeness (QED) is 0.865. The van der Waals surface area contributed by atoms with Crippen LogP contribution < -0.4 is 15.0 Å². The van der Waals surface area contributed by atoms with E-state index in [0.29, 0.717) is 0 Å². The summed E-state index contributed by atoms with van der Waals surface area (Å²) in [5.74, 6) is 2.10. The second kappa shape index (κ2) is 5.46. The van der Waals surface area contributed by atoms with Crippen LogP contribution in [0.2, 0.25) is 0 Å². The Balaban J connectivity index is 2.18. The van der Waals surface area contributed by atoms with E-state index in [-0.39, 0.29) is 0 Å². The summed E-state index contributed by atoms with van der Waals surface area (Å²) in [5.41, 5.74) is 1.34. The Hall–Kier alpha value is -0.870. The van der Waals surface area contributed by atoms with E-state index in [1.165, 1.54) is 10.6 Å². The third-order valence-corrected chi connectivity index (χ3v) is 3.78. The van der Waals surface area contributed by atoms with Crippen molar-refractivity contribution in [1.82, 2.24) is 5.32 Å². The van der Waals surface area contributed by atoms with Crippen LogP contribution in [-0.2, 0) is 0 Å². The van der Waals surface area contributed by atoms with E-state index in [1.54, 1.807) is 7.11 Å². The monoisotopic (exact) mass is 238 g/mol. The Morgan fingerprint density at radius 1 is 1.50 bits per heavy atom. The lowest BCUT2D eigenvalue weighted by Crippen LogP contribution is -2.34. The van der Waals surface area contributed by atoms with Gasteiger partial charge in [-0.05, 0) is 25.2 Å². The largest absolute Gasteiger partial charge is 0.497 e. The molecular formula is C12H18N2OS. The van der Waals surface area contributed by atoms with E-state index in [4.69, 9.17) is 4.74 Å². The minimum absolute atomic E-state index is 0.946. The minimum atomic E-state index is 0.946. The second-order valence-electron chi connectivity index (χ2n) is 3.77. The van der Waals surface area contributed by atoms with Crippen molar-refractivity contribution in [2.45, 2.75) is 4.90 Å². The zero-order valence-electron chi connectivity index (χ0n) is 9.82. The maximum atomic E-state index is 5.25. The molecule has 0 atom stereocenters. The fraction of sp³-hybridized carbons (Fsp3) is 0.500. The Labute approximate surface area is 101 Å². The molecule has 1 heterocycles. The van der Waals surface area contributed by atoms with E-state index >= 15 is 0 Å². The Morgan fingerprint density at radius 2 is 2.38 bits per heavy atom. The number of nitrogens with zero attached hydrogens (tertiary/aromatic N) is 1. The van der Waals surface area contributed by atoms with E-state index in [1.807, 2.05) is 24.9 Å². The number of hydrogen-bond donors (Lipinski definition) is 1. The summed E-state index contributed by atoms with van der Waals surface area (Å²) in [6.07, 6.45) is 0. The maximum Gasteiger partial charge on any atom is 0.120 e. The van der Waals surface area contributed by atoms with E-state index in [0.717, 1.165) is 31.1 Å². The molecule has 1 aromatic rings. The van der Waals surface area contributed by atoms with Crippen LogP contribution in [0.1, 0.15) is 0 Å². The van der Waals surface area contributed by atoms with Crippen LogP contribution in [-0.4, -0.2) is 39.5 Å². The second-order valence-corrected chi connectivity index (χ2v) is 4.91. The highest BCUT2D eigenvalue weighted by Crippen LogP contribution is 2.36. The summed E-state index contributed by atoms with van der Waals surface area (Å²) < 4.78 is 5.25. The molecule has 4 heteroatoms. The smallest absolute Gasteiger partial charge is 0.120 e. The normalized spacial score (nSPS) is 14.8. The average molecular weight is 238 g/mol. The number of nitrogens with one attached hydrogen (secondary N) is 1. The lowest BCUT2D eigenvalue weighted by atomic mass is 10.2. The van der Waals surface area contributed by atoms with Gasteiger partial charge in [-0.15, -0.1) is 11.8 Å². The Kier molecular flexibility index (Phi) is 3.96. The van der Waals surface area contributed by atoms with Gasteiger partial charge in [-0.1, -0.05) is 0 Å². The van der Waals surface area contributed by atoms with Gasteiger partial charge < -0.3 is 15.0 Å². The number of hydrogen-bond acceptors (Lipinski definition) is 4. The molecular weight excluding hydrogens is 220 g/mol. The molecule has 0 saturated carbocycles. The van der Waals surface area contributed by atoms with Crippen LogP contribution >= 0.6 is 11.8 Å². The zero-order chi connectivity index (χ0) is 11.4. The lowest BCUT2D eigenvalue weighted by Gasteiger charge is -2.31. The topological polar surface area (TPSA) is 24.5 Å². The third kappa shape index (κ3) is 2.44. The number of methoxy groups -OCH3 is 1. The van der Waals surface area contributed by atoms with Gasteiger partial charge in [0.15, 0.2) is 0 Å². The van der Waals surface area contributed by atoms with Crippen LogP contribution in [0, 0.1) is 0 Å². The molecule has 0 bridgehead atoms. The highest BCUT2D eigenvalue weighted by atomic mass is 32.2. The van der Waals surface area contributed by atoms with Crippen molar-refractivity contribution in [1.29, 1.82) is 0 Å². The molecule has 1 N–H and O–H groups in total. The average Bonchev–Trinajstić information content (AvgIpc) is 2.35. The number of benzene rings is 1. The number of ether oxygens (including phenoxy) is 1. The molecule has 88 valence electrons. The number of rotatable bonds is 4. The first-order chi connectivity index (χ1) is 7.85. The first-order valence-corrected chi connectivity index (χ1v) is 6.54. The number of fused-ring (bicyclic) bond motifs is 1. The highest BCUT2D eigenvalue weighted by molar-refractivity contribution is 7.99. The predicted molar refractivity (Wildman–Crippen MR) is 69.9 cm³/mol. The first kappa shape index (κ1) is 11.6. The zero-order valence-corrected chi connectivity index (χ0v) is 10.6. The van der Waals surface area contributed by atoms with Gasteiger partial charge in [0.1, 0.15) is 5.75 Å². The molecule has 16 heavy (non-hydrogen) atoms. The van der Waals surface area contributed by atoms with E-state index in [2.05, 4.69) is 22.3 Å². The Morgan fingerprint density at radius 3 is 3.12 bits per heavy atom. The van der Waals surface area contributed by atoms with Crippen LogP contribution in [0.4, 0.5) is 5.69 Å². The van der Waals surface area contributed by atoms with Gasteiger partial charge in [-0.25, -0.2) is 0 Å². The summed E-state index contributed by atoms with van der Waals surface area (Å²) in [5, 5.41) is 3.20. The molecule has 3 nitrogen and oxygen atoms in total. The van der Waals surface area contributed by atoms with Crippen molar-refractivity contribution in [3.8, 4) is 5.75 Å². The fourth-order valence-corrected chi connectivity index (χ4v) is 2.94. The van der Waals surface area contributed by atoms with Crippen LogP contribution in [0.25, 0.3) is 0 Å². The predicted octanol–water partition coefficient (Wildman–Crippen LogP) is 1.83. The SMILES string of the molecule is CNCCN1CCSc2cc(OC)ccc21. The van der Waals surface area contributed by atoms with Crippen LogP contribution in [0.5, 0.6) is 5.75 Å². The number of likely N-dealkylation sites (N-methyl/N-ethyl adjacent to an activating group) is 1. The van der Waals surface area contributed by atoms with Crippen molar-refractivity contribution in [3.63, 3.8) is 0 Å². The van der Waals surface area contributed by atoms with Crippen molar-refractivity contribution < 1.29 is 4.74 Å². The fourth-order valence-electron chi connectivity index (χ4n) is 1.86. The summed E-state index contributed by atoms with van der Waals surface area (Å²) in [6.45, 7) is 3.22. The van der Waals surface area contributed by atoms with Gasteiger partial charge in [-0.2, -0.15) is 0 Å². The molecule has 2 rings (SSSR count). The number of thioether (sulfide) groups is 1. The maximum absolute atomic E-state index is 5.25. The standard InChI is InChI=1S/C12H18N2OS/c1-13-5-6-14-7-8-16-12-9-10(15-2)3-4-11(12)14/h3-4,9,13H,5-8H2,1-2H3. The van der Waals surface area contributed by atoms with Crippen molar-refractivity contribution in [2.24, 2.45) is 0 Å². The molecule has 0 aliphatic carbocycles. The summed E-state index contributed by atoms with van der Waals surface area (Å²) in [7, 11) is 3.71. The molecule has 0 fully saturated rings. The lowest BCUT2D eigenvalue weighted by molar-refractivity contribution is 0.413. The molecule has 1 aromatic carbocycles. The van der Waals surface area contributed by atoms with E-state index < -0.39 is 0 Å². The first-order valence-electron chi connectivity index (χ1n) is 5.55. The molecule has 1 aliphatic heterocycles. The molecule has 0 amide bonds. The van der Waals surface area contributed by atoms with Gasteiger partial charge in [-0.3, -0.25) is 0 Å². The van der Waals surface area contributed by atoms with Gasteiger partial charge in [0, 0.05) is 30.3 Å². The third-order valence-electron chi connectivity index (χ3n) is 2.76. The summed E-state index contributed by atoms with van der Waals surface area (Å²) >= 11 is 1.91. The number of anilines is 1. The molecule has 0 spiro atoms. The van der Waals surface area contributed by atoms with Gasteiger partial charge >= 0.3 is 0 Å². The van der Waals surface area contributed by atoms with Gasteiger partial charge in [0.25, 0.3) is 0 Å². The molecule has 1 aliphatic rings. The molecule has 0 aromatic heterocycles. The van der Waals surface area contributed by atoms with Crippen molar-refractivity contribution in [3.05, 3.63) is 18.2 Å². The van der Waals surface area contributed by atoms with Gasteiger partial charge in [0.05, 0.1) is 12.8 Å². The summed E-state index contributed by atoms with van der Waals surface area (Å²) in [6, 6.07) is 6.33. The van der Waals surface area contributed by atoms with Crippen molar-refractivity contribution in [2.75, 3.05) is 44.4 Å².